The van der Waals surface area contributed by atoms with Crippen molar-refractivity contribution >= 4 is 37.7 Å². The van der Waals surface area contributed by atoms with Gasteiger partial charge < -0.3 is 14.4 Å². The summed E-state index contributed by atoms with van der Waals surface area (Å²) >= 11 is 0. The fraction of sp³-hybridized carbons (Fsp3) is 0.333. The van der Waals surface area contributed by atoms with Crippen LogP contribution in [0.15, 0.2) is 0 Å². The molecule has 0 unspecified atom stereocenters. The predicted octanol–water partition coefficient (Wildman–Crippen LogP) is 0.910. The molecule has 0 bridgehead atoms. The van der Waals surface area contributed by atoms with Crippen LogP contribution in [0.5, 0.6) is 0 Å². The van der Waals surface area contributed by atoms with Crippen molar-refractivity contribution in [2.24, 2.45) is 0 Å². The van der Waals surface area contributed by atoms with E-state index in [-0.39, 0.29) is 45.2 Å². The Bertz CT molecular complexity index is 3.25. The third-order valence-electron chi connectivity index (χ3n) is 0. The fourth-order valence-electron chi connectivity index (χ4n) is 0. The van der Waals surface area contributed by atoms with E-state index in [0.717, 1.165) is 0 Å². The third kappa shape index (κ3) is 10.5. The fourth-order valence-corrected chi connectivity index (χ4v) is 0. The first-order valence-corrected chi connectivity index (χ1v) is 0.707. The van der Waals surface area contributed by atoms with Crippen LogP contribution in [0, 0.1) is 14.4 Å². The molecule has 0 rings (SSSR count). The van der Waals surface area contributed by atoms with Gasteiger partial charge in [0, 0.05) is 0 Å². The molecule has 22 valence electrons. The summed E-state index contributed by atoms with van der Waals surface area (Å²) in [5, 5.41) is 0. The molecule has 0 fully saturated rings. The minimum absolute atomic E-state index is 0. The van der Waals surface area contributed by atoms with Gasteiger partial charge in [-0.05, 0) is 0 Å². The maximum Gasteiger partial charge on any atom is 2.00 e. The van der Waals surface area contributed by atoms with Crippen molar-refractivity contribution < 1.29 is 0 Å². The van der Waals surface area contributed by atoms with Crippen LogP contribution in [-0.2, 0) is 0 Å². The topological polar surface area (TPSA) is 0 Å². The Kier molecular flexibility index (Phi) is 133. The molecule has 0 saturated carbocycles. The van der Waals surface area contributed by atoms with Gasteiger partial charge in [-0.1, -0.05) is 0 Å². The second kappa shape index (κ2) is 28.5. The first-order chi connectivity index (χ1) is 1.00. The Hall–Kier alpha value is 1.26. The molecule has 0 aromatic heterocycles. The van der Waals surface area contributed by atoms with Crippen LogP contribution in [0.1, 0.15) is 6.92 Å². The number of hydrogen-bond acceptors (Lipinski definition) is 0. The molecule has 0 aliphatic heterocycles. The van der Waals surface area contributed by atoms with E-state index in [1.807, 2.05) is 0 Å². The average Bonchev–Trinajstić information content (AvgIpc) is 1.00. The monoisotopic (exact) mass is 84.0 g/mol. The SMILES string of the molecule is [CH2-]C.[CH3-].[Ca+2]. The maximum absolute atomic E-state index is 3.25. The minimum Gasteiger partial charge on any atom is -0.358 e. The van der Waals surface area contributed by atoms with Crippen LogP contribution in [0.4, 0.5) is 0 Å². The summed E-state index contributed by atoms with van der Waals surface area (Å²) in [5.41, 5.74) is 0. The van der Waals surface area contributed by atoms with Gasteiger partial charge in [-0.2, -0.15) is 6.92 Å². The molecule has 0 N–H and O–H groups in total. The smallest absolute Gasteiger partial charge is 0.358 e. The minimum atomic E-state index is 0. The Morgan fingerprint density at radius 3 is 1.25 bits per heavy atom. The van der Waals surface area contributed by atoms with Crippen LogP contribution < -0.4 is 0 Å². The molecule has 0 aliphatic rings. The maximum atomic E-state index is 3.25. The van der Waals surface area contributed by atoms with Gasteiger partial charge in [0.25, 0.3) is 0 Å². The van der Waals surface area contributed by atoms with Crippen molar-refractivity contribution in [1.29, 1.82) is 0 Å². The molecule has 0 radical (unpaired) electrons. The summed E-state index contributed by atoms with van der Waals surface area (Å²) in [6.07, 6.45) is 0. The summed E-state index contributed by atoms with van der Waals surface area (Å²) in [6, 6.07) is 0. The van der Waals surface area contributed by atoms with Gasteiger partial charge >= 0.3 is 37.7 Å². The molecule has 1 heteroatoms. The third-order valence-corrected chi connectivity index (χ3v) is 0. The normalized spacial score (nSPS) is 1.50. The van der Waals surface area contributed by atoms with E-state index in [0.29, 0.717) is 0 Å². The van der Waals surface area contributed by atoms with Crippen molar-refractivity contribution in [2.75, 3.05) is 0 Å². The molecule has 4 heavy (non-hydrogen) atoms. The van der Waals surface area contributed by atoms with Crippen molar-refractivity contribution in [3.63, 3.8) is 0 Å². The summed E-state index contributed by atoms with van der Waals surface area (Å²) in [5.74, 6) is 0. The molecule has 0 aromatic carbocycles. The largest absolute Gasteiger partial charge is 2.00 e. The van der Waals surface area contributed by atoms with Crippen LogP contribution >= 0.6 is 0 Å². The Morgan fingerprint density at radius 2 is 1.25 bits per heavy atom. The van der Waals surface area contributed by atoms with E-state index in [2.05, 4.69) is 6.92 Å². The van der Waals surface area contributed by atoms with Gasteiger partial charge in [-0.15, -0.1) is 0 Å². The molecule has 0 nitrogen and oxygen atoms in total. The van der Waals surface area contributed by atoms with Crippen LogP contribution in [0.3, 0.4) is 0 Å². The van der Waals surface area contributed by atoms with Crippen molar-refractivity contribution in [2.45, 2.75) is 6.92 Å². The number of rotatable bonds is 0. The molecule has 0 aliphatic carbocycles. The Balaban J connectivity index is -0.00000000500. The second-order valence-corrected chi connectivity index (χ2v) is 0. The Labute approximate surface area is 58.6 Å². The van der Waals surface area contributed by atoms with E-state index in [1.54, 1.807) is 6.92 Å². The van der Waals surface area contributed by atoms with E-state index in [4.69, 9.17) is 0 Å². The molecule has 0 amide bonds. The van der Waals surface area contributed by atoms with Crippen LogP contribution in [-0.4, -0.2) is 37.7 Å². The second-order valence-electron chi connectivity index (χ2n) is 0. The summed E-state index contributed by atoms with van der Waals surface area (Å²) in [4.78, 5) is 0. The van der Waals surface area contributed by atoms with Gasteiger partial charge in [0.1, 0.15) is 0 Å². The molecule has 0 atom stereocenters. The standard InChI is InChI=1S/C2H5.CH3.Ca/c1-2;;/h1H2,2H3;1H3;/q2*-1;+2. The van der Waals surface area contributed by atoms with Gasteiger partial charge in [-0.25, -0.2) is 0 Å². The zero-order valence-electron chi connectivity index (χ0n) is 3.41. The van der Waals surface area contributed by atoms with Crippen molar-refractivity contribution in [1.82, 2.24) is 0 Å². The molecular weight excluding hydrogens is 76.1 g/mol. The van der Waals surface area contributed by atoms with Gasteiger partial charge in [0.05, 0.1) is 0 Å². The van der Waals surface area contributed by atoms with E-state index >= 15 is 0 Å². The van der Waals surface area contributed by atoms with Crippen LogP contribution in [0.25, 0.3) is 0 Å². The molecule has 0 heterocycles. The van der Waals surface area contributed by atoms with E-state index in [1.165, 1.54) is 0 Å². The van der Waals surface area contributed by atoms with Crippen LogP contribution in [0.2, 0.25) is 0 Å². The Morgan fingerprint density at radius 1 is 1.25 bits per heavy atom. The summed E-state index contributed by atoms with van der Waals surface area (Å²) in [6.45, 7) is 5.00. The average molecular weight is 84.2 g/mol. The first kappa shape index (κ1) is 18.7. The molecule has 0 spiro atoms. The molecular formula is C3H8Ca. The zero-order chi connectivity index (χ0) is 2.00. The van der Waals surface area contributed by atoms with E-state index in [9.17, 15) is 0 Å². The van der Waals surface area contributed by atoms with E-state index < -0.39 is 0 Å². The quantitative estimate of drug-likeness (QED) is 0.302. The summed E-state index contributed by atoms with van der Waals surface area (Å²) < 4.78 is 0. The molecule has 0 aromatic rings. The van der Waals surface area contributed by atoms with Gasteiger partial charge in [0.15, 0.2) is 0 Å². The zero-order valence-corrected chi connectivity index (χ0v) is 5.62. The molecule has 0 saturated heterocycles. The summed E-state index contributed by atoms with van der Waals surface area (Å²) in [7, 11) is 0. The van der Waals surface area contributed by atoms with Crippen molar-refractivity contribution in [3.8, 4) is 0 Å². The van der Waals surface area contributed by atoms with Gasteiger partial charge in [-0.3, -0.25) is 0 Å². The first-order valence-electron chi connectivity index (χ1n) is 0.707. The predicted molar refractivity (Wildman–Crippen MR) is 23.2 cm³/mol. The number of hydrogen-bond donors (Lipinski definition) is 0. The van der Waals surface area contributed by atoms with Gasteiger partial charge in [0.2, 0.25) is 0 Å². The van der Waals surface area contributed by atoms with Crippen molar-refractivity contribution in [3.05, 3.63) is 14.4 Å².